The zero-order valence-corrected chi connectivity index (χ0v) is 23.7. The first-order valence-electron chi connectivity index (χ1n) is 11.5. The first-order chi connectivity index (χ1) is 17.7. The van der Waals surface area contributed by atoms with Gasteiger partial charge in [-0.1, -0.05) is 23.3 Å². The number of likely N-dealkylation sites (N-methyl/N-ethyl adjacent to an activating group) is 1. The molecule has 0 radical (unpaired) electrons. The van der Waals surface area contributed by atoms with Crippen molar-refractivity contribution in [2.24, 2.45) is 15.3 Å². The first kappa shape index (κ1) is 32.0. The number of hydrazone groups is 1. The Balaban J connectivity index is 3.06. The van der Waals surface area contributed by atoms with Crippen LogP contribution in [-0.4, -0.2) is 65.0 Å². The molecule has 0 atom stereocenters. The highest BCUT2D eigenvalue weighted by molar-refractivity contribution is 6.81. The molecule has 0 unspecified atom stereocenters. The molecule has 0 aromatic carbocycles. The number of allylic oxidation sites excluding steroid dienone is 5. The van der Waals surface area contributed by atoms with Crippen LogP contribution in [0.3, 0.4) is 0 Å². The lowest BCUT2D eigenvalue weighted by Gasteiger charge is -2.12. The Labute approximate surface area is 228 Å². The highest BCUT2D eigenvalue weighted by Crippen LogP contribution is 2.18. The van der Waals surface area contributed by atoms with E-state index in [-0.39, 0.29) is 5.15 Å². The van der Waals surface area contributed by atoms with Crippen molar-refractivity contribution in [2.75, 3.05) is 14.2 Å². The van der Waals surface area contributed by atoms with Gasteiger partial charge in [0.15, 0.2) is 11.5 Å². The van der Waals surface area contributed by atoms with E-state index in [1.165, 1.54) is 26.3 Å². The number of amides is 1. The number of aromatic nitrogens is 1. The molecule has 0 spiro atoms. The maximum atomic E-state index is 12.8. The summed E-state index contributed by atoms with van der Waals surface area (Å²) in [6.45, 7) is 10.0. The number of ether oxygens (including phenoxy) is 1. The zero-order valence-electron chi connectivity index (χ0n) is 22.9. The van der Waals surface area contributed by atoms with Crippen molar-refractivity contribution in [1.82, 2.24) is 9.99 Å². The van der Waals surface area contributed by atoms with Crippen molar-refractivity contribution in [3.05, 3.63) is 57.8 Å². The number of pyridine rings is 1. The van der Waals surface area contributed by atoms with Crippen molar-refractivity contribution >= 4 is 52.4 Å². The number of nitrogens with zero attached hydrogens (tertiary/aromatic N) is 5. The summed E-state index contributed by atoms with van der Waals surface area (Å²) in [4.78, 5) is 41.6. The molecule has 0 saturated heterocycles. The summed E-state index contributed by atoms with van der Waals surface area (Å²) in [6.07, 6.45) is 6.30. The van der Waals surface area contributed by atoms with Crippen LogP contribution >= 0.6 is 11.6 Å². The molecule has 1 N–H and O–H groups in total. The zero-order chi connectivity index (χ0) is 29.0. The molecule has 0 aliphatic carbocycles. The number of carbonyl (C=O) groups is 3. The van der Waals surface area contributed by atoms with Crippen LogP contribution in [0.1, 0.15) is 47.1 Å². The highest BCUT2D eigenvalue weighted by Gasteiger charge is 2.22. The minimum absolute atomic E-state index is 0.260. The topological polar surface area (TPSA) is 138 Å². The molecular weight excluding hydrogens is 508 g/mol. The van der Waals surface area contributed by atoms with Crippen molar-refractivity contribution < 1.29 is 19.1 Å². The minimum atomic E-state index is -0.901. The van der Waals surface area contributed by atoms with Crippen LogP contribution in [0.2, 0.25) is 5.15 Å². The Kier molecular flexibility index (Phi) is 12.8. The van der Waals surface area contributed by atoms with Gasteiger partial charge in [-0.3, -0.25) is 19.8 Å². The van der Waals surface area contributed by atoms with Crippen LogP contribution in [0.5, 0.6) is 5.88 Å². The lowest BCUT2D eigenvalue weighted by Crippen LogP contribution is -2.32. The molecule has 0 saturated carbocycles. The lowest BCUT2D eigenvalue weighted by molar-refractivity contribution is -0.124. The Morgan fingerprint density at radius 1 is 1.05 bits per heavy atom. The van der Waals surface area contributed by atoms with Crippen LogP contribution in [-0.2, 0) is 20.8 Å². The minimum Gasteiger partial charge on any atom is -0.481 e. The van der Waals surface area contributed by atoms with Gasteiger partial charge < -0.3 is 4.74 Å². The molecule has 0 aliphatic heterocycles. The van der Waals surface area contributed by atoms with Crippen LogP contribution < -0.4 is 4.74 Å². The van der Waals surface area contributed by atoms with E-state index in [1.54, 1.807) is 45.2 Å². The maximum absolute atomic E-state index is 12.8. The fourth-order valence-corrected chi connectivity index (χ4v) is 3.20. The summed E-state index contributed by atoms with van der Waals surface area (Å²) in [5.74, 6) is -1.77. The largest absolute Gasteiger partial charge is 0.481 e. The average Bonchev–Trinajstić information content (AvgIpc) is 2.80. The second-order valence-electron chi connectivity index (χ2n) is 8.69. The van der Waals surface area contributed by atoms with Crippen LogP contribution in [0.25, 0.3) is 0 Å². The fourth-order valence-electron chi connectivity index (χ4n) is 2.98. The smallest absolute Gasteiger partial charge is 0.266 e. The molecule has 0 aliphatic rings. The third-order valence-corrected chi connectivity index (χ3v) is 4.79. The predicted molar refractivity (Wildman–Crippen MR) is 152 cm³/mol. The fraction of sp³-hybridized carbons (Fsp3) is 0.333. The predicted octanol–water partition coefficient (Wildman–Crippen LogP) is 4.58. The lowest BCUT2D eigenvalue weighted by atomic mass is 10.1. The number of hydrogen-bond acceptors (Lipinski definition) is 9. The third-order valence-electron chi connectivity index (χ3n) is 4.60. The summed E-state index contributed by atoms with van der Waals surface area (Å²) in [7, 11) is 2.80. The standard InChI is InChI=1S/C27H33ClN6O4/c1-16(2)32-30-15-19(5)9-17(3)11-22(29)27(37)26(20(6)35)33-34(7)25(36)12-18(4)10-21-13-23(28)31-24(14-21)38-8/h9,11-15,29H,10H2,1-8H3/b17-11+,18-12?,19-9+,29-22?,30-15-,33-26?. The van der Waals surface area contributed by atoms with Gasteiger partial charge in [0.05, 0.1) is 13.3 Å². The van der Waals surface area contributed by atoms with E-state index >= 15 is 0 Å². The quantitative estimate of drug-likeness (QED) is 0.103. The van der Waals surface area contributed by atoms with Gasteiger partial charge in [-0.15, -0.1) is 0 Å². The number of Topliss-reactive ketones (excluding diaryl/α,β-unsaturated/α-hetero) is 2. The van der Waals surface area contributed by atoms with Crippen molar-refractivity contribution in [1.29, 1.82) is 5.41 Å². The number of nitrogens with one attached hydrogen (secondary N) is 1. The van der Waals surface area contributed by atoms with Gasteiger partial charge in [0.25, 0.3) is 5.91 Å². The SMILES string of the molecule is COc1cc(CC(C)=CC(=O)N(C)N=C(C(C)=O)C(=O)C(=N)/C=C(C)/C=C(C)/C=N\N=C(C)C)cc(Cl)n1. The Bertz CT molecular complexity index is 1280. The van der Waals surface area contributed by atoms with Crippen molar-refractivity contribution in [3.63, 3.8) is 0 Å². The molecule has 10 nitrogen and oxygen atoms in total. The number of methoxy groups -OCH3 is 1. The molecule has 1 rings (SSSR count). The number of hydrogen-bond donors (Lipinski definition) is 1. The van der Waals surface area contributed by atoms with E-state index in [2.05, 4.69) is 20.3 Å². The van der Waals surface area contributed by atoms with Crippen molar-refractivity contribution in [3.8, 4) is 5.88 Å². The van der Waals surface area contributed by atoms with Crippen LogP contribution in [0.4, 0.5) is 0 Å². The molecule has 202 valence electrons. The van der Waals surface area contributed by atoms with Gasteiger partial charge in [-0.05, 0) is 69.9 Å². The Morgan fingerprint density at radius 2 is 1.71 bits per heavy atom. The van der Waals surface area contributed by atoms with Gasteiger partial charge in [-0.2, -0.15) is 15.3 Å². The summed E-state index contributed by atoms with van der Waals surface area (Å²) in [6, 6.07) is 3.36. The van der Waals surface area contributed by atoms with E-state index in [0.29, 0.717) is 23.4 Å². The van der Waals surface area contributed by atoms with E-state index in [9.17, 15) is 14.4 Å². The molecule has 38 heavy (non-hydrogen) atoms. The summed E-state index contributed by atoms with van der Waals surface area (Å²) in [5.41, 5.74) is 2.63. The van der Waals surface area contributed by atoms with Gasteiger partial charge in [0.2, 0.25) is 11.7 Å². The Morgan fingerprint density at radius 3 is 2.29 bits per heavy atom. The van der Waals surface area contributed by atoms with Gasteiger partial charge in [0, 0.05) is 31.8 Å². The number of halogens is 1. The number of carbonyl (C=O) groups excluding carboxylic acids is 3. The summed E-state index contributed by atoms with van der Waals surface area (Å²) < 4.78 is 5.10. The molecule has 1 aromatic rings. The summed E-state index contributed by atoms with van der Waals surface area (Å²) >= 11 is 5.99. The van der Waals surface area contributed by atoms with E-state index in [0.717, 1.165) is 28.8 Å². The molecule has 11 heteroatoms. The van der Waals surface area contributed by atoms with Gasteiger partial charge in [-0.25, -0.2) is 9.99 Å². The molecule has 1 aromatic heterocycles. The highest BCUT2D eigenvalue weighted by atomic mass is 35.5. The van der Waals surface area contributed by atoms with Gasteiger partial charge in [0.1, 0.15) is 10.9 Å². The molecular formula is C27H33ClN6O4. The van der Waals surface area contributed by atoms with E-state index in [4.69, 9.17) is 21.7 Å². The van der Waals surface area contributed by atoms with Gasteiger partial charge >= 0.3 is 0 Å². The van der Waals surface area contributed by atoms with Crippen LogP contribution in [0.15, 0.2) is 62.4 Å². The monoisotopic (exact) mass is 540 g/mol. The molecule has 1 heterocycles. The van der Waals surface area contributed by atoms with Crippen LogP contribution in [0, 0.1) is 5.41 Å². The normalized spacial score (nSPS) is 12.9. The molecule has 1 amide bonds. The van der Waals surface area contributed by atoms with Crippen molar-refractivity contribution in [2.45, 2.75) is 48.0 Å². The second-order valence-corrected chi connectivity index (χ2v) is 9.07. The summed E-state index contributed by atoms with van der Waals surface area (Å²) in [5, 5.41) is 21.0. The third kappa shape index (κ3) is 11.3. The number of rotatable bonds is 12. The Hall–Kier alpha value is -4.05. The number of ketones is 2. The first-order valence-corrected chi connectivity index (χ1v) is 11.9. The van der Waals surface area contributed by atoms with E-state index in [1.807, 2.05) is 13.8 Å². The molecule has 0 fully saturated rings. The maximum Gasteiger partial charge on any atom is 0.266 e. The second kappa shape index (κ2) is 15.3. The average molecular weight is 541 g/mol. The molecule has 0 bridgehead atoms. The van der Waals surface area contributed by atoms with E-state index < -0.39 is 28.9 Å².